The van der Waals surface area contributed by atoms with Crippen LogP contribution in [-0.4, -0.2) is 42.9 Å². The molecular formula is C20H24ClN3O2S. The van der Waals surface area contributed by atoms with Crippen molar-refractivity contribution in [3.8, 4) is 0 Å². The topological polar surface area (TPSA) is 61.4 Å². The summed E-state index contributed by atoms with van der Waals surface area (Å²) >= 11 is 7.66. The van der Waals surface area contributed by atoms with Crippen LogP contribution >= 0.6 is 22.9 Å². The van der Waals surface area contributed by atoms with Crippen molar-refractivity contribution in [1.82, 2.24) is 15.5 Å². The Labute approximate surface area is 168 Å². The second-order valence-electron chi connectivity index (χ2n) is 6.70. The first kappa shape index (κ1) is 19.9. The third-order valence-corrected chi connectivity index (χ3v) is 6.11. The number of piperidine rings is 1. The van der Waals surface area contributed by atoms with Crippen molar-refractivity contribution in [2.24, 2.45) is 0 Å². The minimum Gasteiger partial charge on any atom is -0.347 e. The quantitative estimate of drug-likeness (QED) is 0.726. The molecular weight excluding hydrogens is 382 g/mol. The summed E-state index contributed by atoms with van der Waals surface area (Å²) in [7, 11) is 0. The van der Waals surface area contributed by atoms with Gasteiger partial charge in [0, 0.05) is 29.5 Å². The summed E-state index contributed by atoms with van der Waals surface area (Å²) in [5.41, 5.74) is 0.897. The molecule has 0 radical (unpaired) electrons. The number of halogens is 1. The predicted molar refractivity (Wildman–Crippen MR) is 109 cm³/mol. The summed E-state index contributed by atoms with van der Waals surface area (Å²) in [6.07, 6.45) is 2.30. The number of carbonyl (C=O) groups is 2. The summed E-state index contributed by atoms with van der Waals surface area (Å²) in [5.74, 6) is -0.534. The fourth-order valence-corrected chi connectivity index (χ4v) is 4.26. The van der Waals surface area contributed by atoms with Gasteiger partial charge in [-0.05, 0) is 61.0 Å². The van der Waals surface area contributed by atoms with E-state index in [-0.39, 0.29) is 0 Å². The molecule has 2 heterocycles. The number of rotatable bonds is 6. The van der Waals surface area contributed by atoms with E-state index in [0.29, 0.717) is 24.0 Å². The highest BCUT2D eigenvalue weighted by Crippen LogP contribution is 2.30. The molecule has 27 heavy (non-hydrogen) atoms. The zero-order valence-electron chi connectivity index (χ0n) is 15.1. The number of hydrogen-bond donors (Lipinski definition) is 2. The summed E-state index contributed by atoms with van der Waals surface area (Å²) in [6, 6.07) is 11.5. The minimum atomic E-state index is -0.610. The molecule has 1 saturated heterocycles. The number of likely N-dealkylation sites (tertiary alicyclic amines) is 1. The van der Waals surface area contributed by atoms with Gasteiger partial charge in [0.25, 0.3) is 0 Å². The van der Waals surface area contributed by atoms with E-state index in [1.54, 1.807) is 12.1 Å². The maximum atomic E-state index is 11.9. The summed E-state index contributed by atoms with van der Waals surface area (Å²) in [6.45, 7) is 3.62. The van der Waals surface area contributed by atoms with Gasteiger partial charge in [0.05, 0.1) is 0 Å². The molecule has 1 fully saturated rings. The number of benzene rings is 1. The van der Waals surface area contributed by atoms with Gasteiger partial charge in [0.15, 0.2) is 0 Å². The third kappa shape index (κ3) is 6.06. The van der Waals surface area contributed by atoms with Crippen molar-refractivity contribution in [2.75, 3.05) is 26.2 Å². The number of carbonyl (C=O) groups excluding carboxylic acids is 2. The van der Waals surface area contributed by atoms with Gasteiger partial charge in [0.1, 0.15) is 0 Å². The van der Waals surface area contributed by atoms with Gasteiger partial charge in [-0.15, -0.1) is 11.3 Å². The van der Waals surface area contributed by atoms with Crippen molar-refractivity contribution in [2.45, 2.75) is 25.3 Å². The normalized spacial score (nSPS) is 15.4. The van der Waals surface area contributed by atoms with Gasteiger partial charge in [-0.25, -0.2) is 0 Å². The molecule has 1 aliphatic heterocycles. The molecule has 0 saturated carbocycles. The first-order valence-electron chi connectivity index (χ1n) is 9.18. The summed E-state index contributed by atoms with van der Waals surface area (Å²) in [4.78, 5) is 27.6. The second-order valence-corrected chi connectivity index (χ2v) is 8.11. The van der Waals surface area contributed by atoms with E-state index in [2.05, 4.69) is 33.0 Å². The molecule has 144 valence electrons. The van der Waals surface area contributed by atoms with E-state index in [4.69, 9.17) is 11.6 Å². The Morgan fingerprint density at radius 1 is 1.07 bits per heavy atom. The SMILES string of the molecule is O=C(NCCN1CCC(c2cccs2)CC1)C(=O)NCc1ccc(Cl)cc1. The number of nitrogens with one attached hydrogen (secondary N) is 2. The average Bonchev–Trinajstić information content (AvgIpc) is 3.22. The van der Waals surface area contributed by atoms with Crippen molar-refractivity contribution in [3.05, 3.63) is 57.2 Å². The Bertz CT molecular complexity index is 741. The van der Waals surface area contributed by atoms with Crippen LogP contribution in [0, 0.1) is 0 Å². The maximum Gasteiger partial charge on any atom is 0.309 e. The van der Waals surface area contributed by atoms with E-state index in [1.807, 2.05) is 23.5 Å². The zero-order chi connectivity index (χ0) is 19.1. The van der Waals surface area contributed by atoms with Crippen LogP contribution in [0.2, 0.25) is 5.02 Å². The number of hydrogen-bond acceptors (Lipinski definition) is 4. The van der Waals surface area contributed by atoms with Crippen LogP contribution in [0.25, 0.3) is 0 Å². The highest BCUT2D eigenvalue weighted by atomic mass is 35.5. The monoisotopic (exact) mass is 405 g/mol. The van der Waals surface area contributed by atoms with E-state index in [9.17, 15) is 9.59 Å². The molecule has 1 aromatic carbocycles. The lowest BCUT2D eigenvalue weighted by atomic mass is 9.95. The molecule has 0 unspecified atom stereocenters. The number of amides is 2. The predicted octanol–water partition coefficient (Wildman–Crippen LogP) is 3.01. The molecule has 2 aromatic rings. The lowest BCUT2D eigenvalue weighted by Gasteiger charge is -2.31. The van der Waals surface area contributed by atoms with Gasteiger partial charge >= 0.3 is 11.8 Å². The summed E-state index contributed by atoms with van der Waals surface area (Å²) < 4.78 is 0. The molecule has 1 aromatic heterocycles. The Morgan fingerprint density at radius 3 is 2.44 bits per heavy atom. The first-order chi connectivity index (χ1) is 13.1. The fraction of sp³-hybridized carbons (Fsp3) is 0.400. The molecule has 0 spiro atoms. The number of thiophene rings is 1. The second kappa shape index (κ2) is 9.88. The largest absolute Gasteiger partial charge is 0.347 e. The molecule has 5 nitrogen and oxygen atoms in total. The van der Waals surface area contributed by atoms with E-state index in [0.717, 1.165) is 38.0 Å². The standard InChI is InChI=1S/C20H24ClN3O2S/c21-17-5-3-15(4-6-17)14-23-20(26)19(25)22-9-12-24-10-7-16(8-11-24)18-2-1-13-27-18/h1-6,13,16H,7-12,14H2,(H,22,25)(H,23,26). The molecule has 0 aliphatic carbocycles. The highest BCUT2D eigenvalue weighted by Gasteiger charge is 2.21. The van der Waals surface area contributed by atoms with Crippen LogP contribution in [0.15, 0.2) is 41.8 Å². The van der Waals surface area contributed by atoms with Gasteiger partial charge in [-0.1, -0.05) is 29.8 Å². The zero-order valence-corrected chi connectivity index (χ0v) is 16.7. The summed E-state index contributed by atoms with van der Waals surface area (Å²) in [5, 5.41) is 8.10. The van der Waals surface area contributed by atoms with E-state index >= 15 is 0 Å². The van der Waals surface area contributed by atoms with Crippen LogP contribution in [0.1, 0.15) is 29.2 Å². The maximum absolute atomic E-state index is 11.9. The smallest absolute Gasteiger partial charge is 0.309 e. The van der Waals surface area contributed by atoms with Crippen LogP contribution < -0.4 is 10.6 Å². The molecule has 3 rings (SSSR count). The van der Waals surface area contributed by atoms with Gasteiger partial charge in [0.2, 0.25) is 0 Å². The molecule has 0 atom stereocenters. The van der Waals surface area contributed by atoms with Crippen LogP contribution in [-0.2, 0) is 16.1 Å². The molecule has 7 heteroatoms. The molecule has 0 bridgehead atoms. The molecule has 1 aliphatic rings. The van der Waals surface area contributed by atoms with E-state index < -0.39 is 11.8 Å². The van der Waals surface area contributed by atoms with Crippen molar-refractivity contribution in [1.29, 1.82) is 0 Å². The Hall–Kier alpha value is -1.89. The molecule has 2 amide bonds. The fourth-order valence-electron chi connectivity index (χ4n) is 3.24. The first-order valence-corrected chi connectivity index (χ1v) is 10.4. The molecule has 2 N–H and O–H groups in total. The van der Waals surface area contributed by atoms with Crippen molar-refractivity contribution in [3.63, 3.8) is 0 Å². The lowest BCUT2D eigenvalue weighted by molar-refractivity contribution is -0.139. The van der Waals surface area contributed by atoms with E-state index in [1.165, 1.54) is 4.88 Å². The van der Waals surface area contributed by atoms with Crippen LogP contribution in [0.3, 0.4) is 0 Å². The van der Waals surface area contributed by atoms with Gasteiger partial charge in [-0.3, -0.25) is 9.59 Å². The minimum absolute atomic E-state index is 0.305. The van der Waals surface area contributed by atoms with Crippen molar-refractivity contribution >= 4 is 34.8 Å². The third-order valence-electron chi connectivity index (χ3n) is 4.82. The van der Waals surface area contributed by atoms with Crippen molar-refractivity contribution < 1.29 is 9.59 Å². The lowest BCUT2D eigenvalue weighted by Crippen LogP contribution is -2.44. The van der Waals surface area contributed by atoms with Crippen LogP contribution in [0.5, 0.6) is 0 Å². The average molecular weight is 406 g/mol. The van der Waals surface area contributed by atoms with Gasteiger partial charge in [-0.2, -0.15) is 0 Å². The Kier molecular flexibility index (Phi) is 7.26. The van der Waals surface area contributed by atoms with Gasteiger partial charge < -0.3 is 15.5 Å². The number of nitrogens with zero attached hydrogens (tertiary/aromatic N) is 1. The Morgan fingerprint density at radius 2 is 1.78 bits per heavy atom. The highest BCUT2D eigenvalue weighted by molar-refractivity contribution is 7.10. The van der Waals surface area contributed by atoms with Crippen LogP contribution in [0.4, 0.5) is 0 Å². The Balaban J connectivity index is 1.31.